The van der Waals surface area contributed by atoms with Gasteiger partial charge in [0.15, 0.2) is 12.4 Å². The van der Waals surface area contributed by atoms with Crippen LogP contribution in [0, 0.1) is 6.92 Å². The van der Waals surface area contributed by atoms with Gasteiger partial charge in [-0.15, -0.1) is 10.2 Å². The maximum atomic E-state index is 11.4. The smallest absolute Gasteiger partial charge is 0.253 e. The van der Waals surface area contributed by atoms with Crippen LogP contribution in [-0.4, -0.2) is 16.0 Å². The highest BCUT2D eigenvalue weighted by Crippen LogP contribution is 2.24. The van der Waals surface area contributed by atoms with Gasteiger partial charge in [-0.3, -0.25) is 4.79 Å². The lowest BCUT2D eigenvalue weighted by Crippen LogP contribution is -2.02. The van der Waals surface area contributed by atoms with E-state index in [1.165, 1.54) is 6.92 Å². The van der Waals surface area contributed by atoms with Crippen molar-refractivity contribution in [2.24, 2.45) is 0 Å². The van der Waals surface area contributed by atoms with E-state index >= 15 is 0 Å². The average molecular weight is 267 g/mol. The number of benzene rings is 1. The van der Waals surface area contributed by atoms with E-state index in [1.54, 1.807) is 25.1 Å². The molecule has 94 valence electrons. The Hall–Kier alpha value is -1.88. The molecule has 0 aliphatic rings. The lowest BCUT2D eigenvalue weighted by molar-refractivity contribution is 0.101. The molecular formula is C12H11ClN2O3. The van der Waals surface area contributed by atoms with Crippen molar-refractivity contribution in [3.8, 4) is 5.75 Å². The predicted molar refractivity (Wildman–Crippen MR) is 64.8 cm³/mol. The summed E-state index contributed by atoms with van der Waals surface area (Å²) in [7, 11) is 0. The SMILES string of the molecule is CC(=O)c1cc(Cl)ccc1OCc1nnc(C)o1. The Balaban J connectivity index is 2.16. The molecule has 5 nitrogen and oxygen atoms in total. The summed E-state index contributed by atoms with van der Waals surface area (Å²) in [6.07, 6.45) is 0. The molecule has 0 N–H and O–H groups in total. The monoisotopic (exact) mass is 266 g/mol. The van der Waals surface area contributed by atoms with E-state index in [0.29, 0.717) is 28.1 Å². The van der Waals surface area contributed by atoms with Gasteiger partial charge in [0.2, 0.25) is 5.89 Å². The Morgan fingerprint density at radius 3 is 2.83 bits per heavy atom. The summed E-state index contributed by atoms with van der Waals surface area (Å²) in [5.41, 5.74) is 0.429. The molecule has 0 bridgehead atoms. The number of nitrogens with zero attached hydrogens (tertiary/aromatic N) is 2. The number of hydrogen-bond donors (Lipinski definition) is 0. The van der Waals surface area contributed by atoms with Crippen LogP contribution in [-0.2, 0) is 6.61 Å². The van der Waals surface area contributed by atoms with Gasteiger partial charge in [-0.1, -0.05) is 11.6 Å². The number of aromatic nitrogens is 2. The first kappa shape index (κ1) is 12.6. The number of rotatable bonds is 4. The van der Waals surface area contributed by atoms with E-state index in [0.717, 1.165) is 0 Å². The summed E-state index contributed by atoms with van der Waals surface area (Å²) >= 11 is 5.83. The quantitative estimate of drug-likeness (QED) is 0.796. The second-order valence-electron chi connectivity index (χ2n) is 3.70. The third kappa shape index (κ3) is 2.87. The van der Waals surface area contributed by atoms with Crippen LogP contribution in [0.15, 0.2) is 22.6 Å². The normalized spacial score (nSPS) is 10.4. The first-order chi connectivity index (χ1) is 8.56. The van der Waals surface area contributed by atoms with E-state index in [9.17, 15) is 4.79 Å². The molecule has 2 rings (SSSR count). The van der Waals surface area contributed by atoms with Crippen LogP contribution in [0.1, 0.15) is 29.1 Å². The molecule has 1 heterocycles. The third-order valence-corrected chi connectivity index (χ3v) is 2.48. The Bertz CT molecular complexity index is 580. The van der Waals surface area contributed by atoms with Crippen molar-refractivity contribution in [2.45, 2.75) is 20.5 Å². The zero-order valence-corrected chi connectivity index (χ0v) is 10.7. The van der Waals surface area contributed by atoms with Crippen LogP contribution in [0.2, 0.25) is 5.02 Å². The van der Waals surface area contributed by atoms with Gasteiger partial charge in [-0.25, -0.2) is 0 Å². The summed E-state index contributed by atoms with van der Waals surface area (Å²) in [5, 5.41) is 7.97. The summed E-state index contributed by atoms with van der Waals surface area (Å²) in [6, 6.07) is 4.86. The van der Waals surface area contributed by atoms with Gasteiger partial charge in [-0.2, -0.15) is 0 Å². The fraction of sp³-hybridized carbons (Fsp3) is 0.250. The molecule has 0 amide bonds. The van der Waals surface area contributed by atoms with Crippen molar-refractivity contribution in [2.75, 3.05) is 0 Å². The number of Topliss-reactive ketones (excluding diaryl/α,β-unsaturated/α-hetero) is 1. The molecule has 0 spiro atoms. The molecule has 0 radical (unpaired) electrons. The van der Waals surface area contributed by atoms with Crippen LogP contribution in [0.25, 0.3) is 0 Å². The first-order valence-electron chi connectivity index (χ1n) is 5.28. The van der Waals surface area contributed by atoms with Crippen LogP contribution >= 0.6 is 11.6 Å². The Labute approximate surface area is 109 Å². The van der Waals surface area contributed by atoms with Gasteiger partial charge < -0.3 is 9.15 Å². The predicted octanol–water partition coefficient (Wildman–Crippen LogP) is 2.81. The second-order valence-corrected chi connectivity index (χ2v) is 4.14. The van der Waals surface area contributed by atoms with Gasteiger partial charge in [0.25, 0.3) is 5.89 Å². The molecule has 0 atom stereocenters. The molecule has 0 saturated carbocycles. The number of ketones is 1. The number of ether oxygens (including phenoxy) is 1. The Kier molecular flexibility index (Phi) is 3.62. The lowest BCUT2D eigenvalue weighted by atomic mass is 10.1. The largest absolute Gasteiger partial charge is 0.483 e. The maximum absolute atomic E-state index is 11.4. The second kappa shape index (κ2) is 5.18. The number of aryl methyl sites for hydroxylation is 1. The topological polar surface area (TPSA) is 65.2 Å². The molecule has 2 aromatic rings. The van der Waals surface area contributed by atoms with E-state index in [-0.39, 0.29) is 12.4 Å². The number of halogens is 1. The molecular weight excluding hydrogens is 256 g/mol. The molecule has 6 heteroatoms. The summed E-state index contributed by atoms with van der Waals surface area (Å²) in [5.74, 6) is 1.16. The highest BCUT2D eigenvalue weighted by Gasteiger charge is 2.11. The lowest BCUT2D eigenvalue weighted by Gasteiger charge is -2.08. The van der Waals surface area contributed by atoms with Crippen molar-refractivity contribution < 1.29 is 13.9 Å². The number of carbonyl (C=O) groups is 1. The molecule has 1 aromatic heterocycles. The van der Waals surface area contributed by atoms with Crippen molar-refractivity contribution in [1.29, 1.82) is 0 Å². The van der Waals surface area contributed by atoms with Gasteiger partial charge in [-0.05, 0) is 25.1 Å². The van der Waals surface area contributed by atoms with Crippen molar-refractivity contribution >= 4 is 17.4 Å². The zero-order chi connectivity index (χ0) is 13.1. The van der Waals surface area contributed by atoms with Crippen molar-refractivity contribution in [1.82, 2.24) is 10.2 Å². The van der Waals surface area contributed by atoms with Crippen molar-refractivity contribution in [3.63, 3.8) is 0 Å². The maximum Gasteiger partial charge on any atom is 0.253 e. The van der Waals surface area contributed by atoms with E-state index in [1.807, 2.05) is 0 Å². The molecule has 0 saturated heterocycles. The van der Waals surface area contributed by atoms with Crippen LogP contribution in [0.3, 0.4) is 0 Å². The molecule has 0 unspecified atom stereocenters. The minimum Gasteiger partial charge on any atom is -0.483 e. The first-order valence-corrected chi connectivity index (χ1v) is 5.66. The third-order valence-electron chi connectivity index (χ3n) is 2.24. The summed E-state index contributed by atoms with van der Waals surface area (Å²) in [6.45, 7) is 3.26. The zero-order valence-electron chi connectivity index (χ0n) is 9.94. The van der Waals surface area contributed by atoms with Crippen LogP contribution in [0.4, 0.5) is 0 Å². The fourth-order valence-electron chi connectivity index (χ4n) is 1.44. The molecule has 0 aliphatic carbocycles. The van der Waals surface area contributed by atoms with Crippen molar-refractivity contribution in [3.05, 3.63) is 40.6 Å². The fourth-order valence-corrected chi connectivity index (χ4v) is 1.61. The average Bonchev–Trinajstić information content (AvgIpc) is 2.73. The van der Waals surface area contributed by atoms with E-state index in [4.69, 9.17) is 20.8 Å². The number of carbonyl (C=O) groups excluding carboxylic acids is 1. The Morgan fingerprint density at radius 2 is 2.22 bits per heavy atom. The van der Waals surface area contributed by atoms with Gasteiger partial charge >= 0.3 is 0 Å². The van der Waals surface area contributed by atoms with Crippen LogP contribution < -0.4 is 4.74 Å². The highest BCUT2D eigenvalue weighted by molar-refractivity contribution is 6.31. The Morgan fingerprint density at radius 1 is 1.44 bits per heavy atom. The molecule has 18 heavy (non-hydrogen) atoms. The van der Waals surface area contributed by atoms with E-state index in [2.05, 4.69) is 10.2 Å². The van der Waals surface area contributed by atoms with Crippen LogP contribution in [0.5, 0.6) is 5.75 Å². The van der Waals surface area contributed by atoms with Gasteiger partial charge in [0.05, 0.1) is 5.56 Å². The minimum absolute atomic E-state index is 0.114. The molecule has 0 fully saturated rings. The minimum atomic E-state index is -0.116. The van der Waals surface area contributed by atoms with E-state index < -0.39 is 0 Å². The van der Waals surface area contributed by atoms with Gasteiger partial charge in [0.1, 0.15) is 5.75 Å². The number of hydrogen-bond acceptors (Lipinski definition) is 5. The standard InChI is InChI=1S/C12H11ClN2O3/c1-7(16)10-5-9(13)3-4-11(10)17-6-12-15-14-8(2)18-12/h3-5H,6H2,1-2H3. The van der Waals surface area contributed by atoms with Gasteiger partial charge in [0, 0.05) is 11.9 Å². The summed E-state index contributed by atoms with van der Waals surface area (Å²) < 4.78 is 10.6. The highest BCUT2D eigenvalue weighted by atomic mass is 35.5. The molecule has 1 aromatic carbocycles. The summed E-state index contributed by atoms with van der Waals surface area (Å²) in [4.78, 5) is 11.4. The molecule has 0 aliphatic heterocycles.